The van der Waals surface area contributed by atoms with Gasteiger partial charge in [0.05, 0.1) is 16.3 Å². The van der Waals surface area contributed by atoms with Crippen LogP contribution in [0.3, 0.4) is 0 Å². The maximum absolute atomic E-state index is 12.4. The summed E-state index contributed by atoms with van der Waals surface area (Å²) in [5, 5.41) is 8.67. The first kappa shape index (κ1) is 17.8. The summed E-state index contributed by atoms with van der Waals surface area (Å²) in [6.07, 6.45) is 1.54. The minimum absolute atomic E-state index is 0.383. The molecule has 1 aromatic heterocycles. The zero-order valence-corrected chi connectivity index (χ0v) is 15.8. The molecule has 0 spiro atoms. The van der Waals surface area contributed by atoms with E-state index in [2.05, 4.69) is 10.4 Å². The minimum atomic E-state index is -0.408. The van der Waals surface area contributed by atoms with Crippen LogP contribution < -0.4 is 11.6 Å². The highest BCUT2D eigenvalue weighted by molar-refractivity contribution is 6.33. The molecule has 0 amide bonds. The van der Waals surface area contributed by atoms with Crippen molar-refractivity contribution in [2.45, 2.75) is 12.8 Å². The molecule has 7 nitrogen and oxygen atoms in total. The lowest BCUT2D eigenvalue weighted by molar-refractivity contribution is 0.291. The number of allylic oxidation sites excluding steroid dienone is 1. The molecule has 9 heteroatoms. The van der Waals surface area contributed by atoms with Crippen LogP contribution in [0.2, 0.25) is 10.0 Å². The van der Waals surface area contributed by atoms with Crippen molar-refractivity contribution in [1.82, 2.24) is 19.8 Å². The largest absolute Gasteiger partial charge is 0.410 e. The van der Waals surface area contributed by atoms with Crippen LogP contribution in [0.4, 0.5) is 0 Å². The SMILES string of the molecule is Cn1nnn(-c2cccc(Cl)c2/C(ON)=C2/CCc3ccc(Cl)cc32)c1=O. The van der Waals surface area contributed by atoms with Gasteiger partial charge in [0.2, 0.25) is 0 Å². The molecule has 1 aliphatic carbocycles. The van der Waals surface area contributed by atoms with Crippen LogP contribution in [0.1, 0.15) is 23.1 Å². The fourth-order valence-electron chi connectivity index (χ4n) is 3.34. The zero-order valence-electron chi connectivity index (χ0n) is 14.3. The van der Waals surface area contributed by atoms with Gasteiger partial charge < -0.3 is 4.84 Å². The molecule has 4 rings (SSSR count). The number of nitrogens with two attached hydrogens (primary N) is 1. The van der Waals surface area contributed by atoms with E-state index < -0.39 is 5.69 Å². The third kappa shape index (κ3) is 2.93. The van der Waals surface area contributed by atoms with Gasteiger partial charge in [-0.2, -0.15) is 15.3 Å². The van der Waals surface area contributed by atoms with Crippen molar-refractivity contribution in [2.24, 2.45) is 12.9 Å². The summed E-state index contributed by atoms with van der Waals surface area (Å²) in [6, 6.07) is 10.9. The summed E-state index contributed by atoms with van der Waals surface area (Å²) >= 11 is 12.7. The van der Waals surface area contributed by atoms with E-state index >= 15 is 0 Å². The normalized spacial score (nSPS) is 15.0. The third-order valence-electron chi connectivity index (χ3n) is 4.60. The Labute approximate surface area is 164 Å². The van der Waals surface area contributed by atoms with Crippen molar-refractivity contribution < 1.29 is 4.84 Å². The lowest BCUT2D eigenvalue weighted by Gasteiger charge is -2.15. The number of hydrogen-bond donors (Lipinski definition) is 1. The molecule has 2 N–H and O–H groups in total. The third-order valence-corrected chi connectivity index (χ3v) is 5.15. The molecule has 0 aliphatic heterocycles. The van der Waals surface area contributed by atoms with Gasteiger partial charge in [-0.05, 0) is 58.7 Å². The summed E-state index contributed by atoms with van der Waals surface area (Å²) in [4.78, 5) is 17.6. The quantitative estimate of drug-likeness (QED) is 0.536. The van der Waals surface area contributed by atoms with Crippen molar-refractivity contribution in [3.63, 3.8) is 0 Å². The summed E-state index contributed by atoms with van der Waals surface area (Å²) in [7, 11) is 1.52. The Bertz CT molecular complexity index is 1130. The van der Waals surface area contributed by atoms with Gasteiger partial charge in [0.1, 0.15) is 0 Å². The van der Waals surface area contributed by atoms with Gasteiger partial charge in [0, 0.05) is 17.6 Å². The molecular formula is C18H15Cl2N5O2. The molecule has 1 heterocycles. The first-order chi connectivity index (χ1) is 13.0. The first-order valence-electron chi connectivity index (χ1n) is 8.18. The van der Waals surface area contributed by atoms with Crippen LogP contribution >= 0.6 is 23.2 Å². The van der Waals surface area contributed by atoms with Crippen molar-refractivity contribution in [2.75, 3.05) is 0 Å². The molecule has 0 atom stereocenters. The second-order valence-corrected chi connectivity index (χ2v) is 7.00. The number of fused-ring (bicyclic) bond motifs is 1. The lowest BCUT2D eigenvalue weighted by Crippen LogP contribution is -2.23. The number of aryl methyl sites for hydroxylation is 2. The average molecular weight is 404 g/mol. The van der Waals surface area contributed by atoms with Gasteiger partial charge in [-0.3, -0.25) is 0 Å². The fourth-order valence-corrected chi connectivity index (χ4v) is 3.77. The Kier molecular flexibility index (Phi) is 4.51. The Morgan fingerprint density at radius 1 is 1.19 bits per heavy atom. The van der Waals surface area contributed by atoms with Crippen LogP contribution in [0.5, 0.6) is 0 Å². The molecule has 0 saturated heterocycles. The van der Waals surface area contributed by atoms with Crippen LogP contribution in [0.15, 0.2) is 41.2 Å². The second kappa shape index (κ2) is 6.84. The number of rotatable bonds is 3. The van der Waals surface area contributed by atoms with Crippen LogP contribution in [-0.4, -0.2) is 19.8 Å². The molecule has 0 radical (unpaired) electrons. The highest BCUT2D eigenvalue weighted by atomic mass is 35.5. The predicted octanol–water partition coefficient (Wildman–Crippen LogP) is 2.98. The molecule has 27 heavy (non-hydrogen) atoms. The lowest BCUT2D eigenvalue weighted by atomic mass is 10.0. The van der Waals surface area contributed by atoms with Gasteiger partial charge in [0.15, 0.2) is 5.76 Å². The first-order valence-corrected chi connectivity index (χ1v) is 8.94. The fraction of sp³-hybridized carbons (Fsp3) is 0.167. The zero-order chi connectivity index (χ0) is 19.1. The Morgan fingerprint density at radius 3 is 2.70 bits per heavy atom. The summed E-state index contributed by atoms with van der Waals surface area (Å²) in [5.41, 5.74) is 3.49. The van der Waals surface area contributed by atoms with E-state index in [4.69, 9.17) is 33.9 Å². The van der Waals surface area contributed by atoms with Gasteiger partial charge in [0.25, 0.3) is 0 Å². The van der Waals surface area contributed by atoms with Gasteiger partial charge in [-0.15, -0.1) is 0 Å². The minimum Gasteiger partial charge on any atom is -0.410 e. The molecule has 2 aromatic carbocycles. The van der Waals surface area contributed by atoms with Crippen molar-refractivity contribution in [1.29, 1.82) is 0 Å². The van der Waals surface area contributed by atoms with E-state index in [-0.39, 0.29) is 0 Å². The number of halogens is 2. The van der Waals surface area contributed by atoms with Gasteiger partial charge in [-0.1, -0.05) is 35.3 Å². The summed E-state index contributed by atoms with van der Waals surface area (Å²) < 4.78 is 2.29. The van der Waals surface area contributed by atoms with Crippen LogP contribution in [0.25, 0.3) is 17.0 Å². The molecule has 1 aliphatic rings. The average Bonchev–Trinajstić information content (AvgIpc) is 3.21. The highest BCUT2D eigenvalue weighted by Crippen LogP contribution is 2.41. The number of hydrogen-bond acceptors (Lipinski definition) is 5. The predicted molar refractivity (Wildman–Crippen MR) is 103 cm³/mol. The monoisotopic (exact) mass is 403 g/mol. The number of aromatic nitrogens is 4. The molecule has 3 aromatic rings. The van der Waals surface area contributed by atoms with E-state index in [1.807, 2.05) is 18.2 Å². The topological polar surface area (TPSA) is 88.0 Å². The number of tetrazole rings is 1. The second-order valence-electron chi connectivity index (χ2n) is 6.16. The Morgan fingerprint density at radius 2 is 2.00 bits per heavy atom. The van der Waals surface area contributed by atoms with Crippen molar-refractivity contribution >= 4 is 34.5 Å². The van der Waals surface area contributed by atoms with E-state index in [1.54, 1.807) is 18.2 Å². The molecular weight excluding hydrogens is 389 g/mol. The Hall–Kier alpha value is -2.61. The van der Waals surface area contributed by atoms with Gasteiger partial charge in [-0.25, -0.2) is 4.79 Å². The molecule has 0 bridgehead atoms. The standard InChI is InChI=1S/C18H15Cl2N5O2/c1-24-18(26)25(23-22-24)15-4-2-3-14(20)16(15)17(27-21)12-8-6-10-5-7-11(19)9-13(10)12/h2-5,7,9H,6,8,21H2,1H3/b17-12+. The molecule has 0 unspecified atom stereocenters. The maximum atomic E-state index is 12.4. The molecule has 0 fully saturated rings. The van der Waals surface area contributed by atoms with Crippen LogP contribution in [-0.2, 0) is 18.3 Å². The molecule has 138 valence electrons. The number of benzene rings is 2. The van der Waals surface area contributed by atoms with E-state index in [1.165, 1.54) is 7.05 Å². The van der Waals surface area contributed by atoms with Gasteiger partial charge >= 0.3 is 5.69 Å². The number of nitrogens with zero attached hydrogens (tertiary/aromatic N) is 4. The van der Waals surface area contributed by atoms with E-state index in [0.717, 1.165) is 32.5 Å². The van der Waals surface area contributed by atoms with Crippen LogP contribution in [0, 0.1) is 0 Å². The summed E-state index contributed by atoms with van der Waals surface area (Å²) in [6.45, 7) is 0. The summed E-state index contributed by atoms with van der Waals surface area (Å²) in [5.74, 6) is 6.04. The van der Waals surface area contributed by atoms with Crippen molar-refractivity contribution in [3.05, 3.63) is 73.6 Å². The van der Waals surface area contributed by atoms with E-state index in [0.29, 0.717) is 33.5 Å². The van der Waals surface area contributed by atoms with E-state index in [9.17, 15) is 4.79 Å². The van der Waals surface area contributed by atoms with Crippen molar-refractivity contribution in [3.8, 4) is 5.69 Å². The highest BCUT2D eigenvalue weighted by Gasteiger charge is 2.26. The Balaban J connectivity index is 2.00. The smallest absolute Gasteiger partial charge is 0.368 e. The maximum Gasteiger partial charge on any atom is 0.368 e. The molecule has 0 saturated carbocycles.